The molecule has 0 unspecified atom stereocenters. The molecular formula is C25H26N2O5S. The number of amides is 1. The summed E-state index contributed by atoms with van der Waals surface area (Å²) in [6, 6.07) is 16.2. The highest BCUT2D eigenvalue weighted by Gasteiger charge is 2.20. The molecule has 3 rings (SSSR count). The number of esters is 1. The number of carbonyl (C=O) groups is 3. The van der Waals surface area contributed by atoms with E-state index in [0.29, 0.717) is 17.1 Å². The smallest absolute Gasteiger partial charge is 0.339 e. The maximum absolute atomic E-state index is 12.9. The van der Waals surface area contributed by atoms with E-state index in [1.165, 1.54) is 0 Å². The molecule has 33 heavy (non-hydrogen) atoms. The molecule has 172 valence electrons. The lowest BCUT2D eigenvalue weighted by Gasteiger charge is -2.11. The number of rotatable bonds is 10. The summed E-state index contributed by atoms with van der Waals surface area (Å²) in [5.41, 5.74) is 8.53. The van der Waals surface area contributed by atoms with Crippen LogP contribution in [-0.4, -0.2) is 41.2 Å². The number of primary amides is 1. The molecule has 7 nitrogen and oxygen atoms in total. The first-order chi connectivity index (χ1) is 15.8. The van der Waals surface area contributed by atoms with Crippen LogP contribution >= 0.6 is 11.8 Å². The Morgan fingerprint density at radius 1 is 1.00 bits per heavy atom. The van der Waals surface area contributed by atoms with Crippen LogP contribution in [0.3, 0.4) is 0 Å². The number of benzene rings is 2. The number of Topliss-reactive ketones (excluding diaryl/α,β-unsaturated/α-hetero) is 1. The van der Waals surface area contributed by atoms with Crippen LogP contribution in [0, 0.1) is 13.8 Å². The summed E-state index contributed by atoms with van der Waals surface area (Å²) in [5.74, 6) is -0.588. The first-order valence-electron chi connectivity index (χ1n) is 10.4. The summed E-state index contributed by atoms with van der Waals surface area (Å²) < 4.78 is 12.8. The standard InChI is InChI=1S/C25H26N2O5S/c1-4-31-19-11-9-18(10-12-19)27-16(2)13-21(17(27)3)22(28)14-32-25(30)20-7-5-6-8-23(20)33-15-24(26)29/h5-13H,4,14-15H2,1-3H3,(H2,26,29). The summed E-state index contributed by atoms with van der Waals surface area (Å²) in [6.07, 6.45) is 0. The van der Waals surface area contributed by atoms with E-state index in [0.717, 1.165) is 34.6 Å². The van der Waals surface area contributed by atoms with E-state index in [1.54, 1.807) is 30.3 Å². The van der Waals surface area contributed by atoms with Gasteiger partial charge in [-0.3, -0.25) is 9.59 Å². The summed E-state index contributed by atoms with van der Waals surface area (Å²) in [7, 11) is 0. The van der Waals surface area contributed by atoms with Gasteiger partial charge in [-0.05, 0) is 63.2 Å². The minimum Gasteiger partial charge on any atom is -0.494 e. The molecular weight excluding hydrogens is 440 g/mol. The van der Waals surface area contributed by atoms with Crippen molar-refractivity contribution in [3.63, 3.8) is 0 Å². The van der Waals surface area contributed by atoms with Crippen molar-refractivity contribution in [1.29, 1.82) is 0 Å². The molecule has 0 atom stereocenters. The average molecular weight is 467 g/mol. The number of ether oxygens (including phenoxy) is 2. The molecule has 0 fully saturated rings. The minimum atomic E-state index is -0.628. The first-order valence-corrected chi connectivity index (χ1v) is 11.4. The van der Waals surface area contributed by atoms with Crippen LogP contribution in [0.5, 0.6) is 5.75 Å². The second kappa shape index (κ2) is 10.9. The van der Waals surface area contributed by atoms with Gasteiger partial charge in [0.15, 0.2) is 6.61 Å². The van der Waals surface area contributed by atoms with Crippen LogP contribution in [0.2, 0.25) is 0 Å². The summed E-state index contributed by atoms with van der Waals surface area (Å²) in [5, 5.41) is 0. The van der Waals surface area contributed by atoms with Crippen LogP contribution in [-0.2, 0) is 9.53 Å². The lowest BCUT2D eigenvalue weighted by molar-refractivity contribution is -0.115. The van der Waals surface area contributed by atoms with Crippen LogP contribution in [0.25, 0.3) is 5.69 Å². The van der Waals surface area contributed by atoms with Gasteiger partial charge in [-0.1, -0.05) is 12.1 Å². The summed E-state index contributed by atoms with van der Waals surface area (Å²) in [6.45, 7) is 5.90. The molecule has 0 aliphatic rings. The number of aryl methyl sites for hydroxylation is 1. The van der Waals surface area contributed by atoms with Crippen molar-refractivity contribution in [3.8, 4) is 11.4 Å². The van der Waals surface area contributed by atoms with Crippen molar-refractivity contribution in [1.82, 2.24) is 4.57 Å². The Balaban J connectivity index is 1.72. The SMILES string of the molecule is CCOc1ccc(-n2c(C)cc(C(=O)COC(=O)c3ccccc3SCC(N)=O)c2C)cc1. The normalized spacial score (nSPS) is 10.6. The van der Waals surface area contributed by atoms with Gasteiger partial charge < -0.3 is 19.8 Å². The van der Waals surface area contributed by atoms with Gasteiger partial charge in [-0.2, -0.15) is 0 Å². The Hall–Kier alpha value is -3.52. The third-order valence-electron chi connectivity index (χ3n) is 4.95. The fourth-order valence-electron chi connectivity index (χ4n) is 3.50. The molecule has 1 aromatic heterocycles. The molecule has 1 amide bonds. The van der Waals surface area contributed by atoms with E-state index in [1.807, 2.05) is 49.6 Å². The number of nitrogens with two attached hydrogens (primary N) is 1. The zero-order valence-electron chi connectivity index (χ0n) is 18.8. The fraction of sp³-hybridized carbons (Fsp3) is 0.240. The first kappa shape index (κ1) is 24.1. The van der Waals surface area contributed by atoms with E-state index in [4.69, 9.17) is 15.2 Å². The number of thioether (sulfide) groups is 1. The molecule has 0 radical (unpaired) electrons. The zero-order chi connectivity index (χ0) is 24.0. The van der Waals surface area contributed by atoms with E-state index in [9.17, 15) is 14.4 Å². The van der Waals surface area contributed by atoms with E-state index in [2.05, 4.69) is 0 Å². The van der Waals surface area contributed by atoms with E-state index in [-0.39, 0.29) is 23.7 Å². The largest absolute Gasteiger partial charge is 0.494 e. The van der Waals surface area contributed by atoms with Crippen LogP contribution in [0.1, 0.15) is 39.0 Å². The monoisotopic (exact) mass is 466 g/mol. The van der Waals surface area contributed by atoms with Crippen LogP contribution in [0.4, 0.5) is 0 Å². The number of hydrogen-bond acceptors (Lipinski definition) is 6. The number of carbonyl (C=O) groups excluding carboxylic acids is 3. The quantitative estimate of drug-likeness (QED) is 0.274. The Morgan fingerprint density at radius 2 is 1.70 bits per heavy atom. The van der Waals surface area contributed by atoms with Crippen molar-refractivity contribution in [3.05, 3.63) is 77.1 Å². The van der Waals surface area contributed by atoms with Crippen molar-refractivity contribution < 1.29 is 23.9 Å². The van der Waals surface area contributed by atoms with Gasteiger partial charge in [0, 0.05) is 27.5 Å². The van der Waals surface area contributed by atoms with Crippen molar-refractivity contribution >= 4 is 29.4 Å². The highest BCUT2D eigenvalue weighted by molar-refractivity contribution is 8.00. The number of hydrogen-bond donors (Lipinski definition) is 1. The van der Waals surface area contributed by atoms with Gasteiger partial charge in [-0.25, -0.2) is 4.79 Å². The Bertz CT molecular complexity index is 1170. The fourth-order valence-corrected chi connectivity index (χ4v) is 4.28. The average Bonchev–Trinajstić information content (AvgIpc) is 3.10. The third-order valence-corrected chi connectivity index (χ3v) is 6.04. The van der Waals surface area contributed by atoms with Gasteiger partial charge in [0.1, 0.15) is 5.75 Å². The Labute approximate surface area is 196 Å². The van der Waals surface area contributed by atoms with E-state index >= 15 is 0 Å². The number of nitrogens with zero attached hydrogens (tertiary/aromatic N) is 1. The van der Waals surface area contributed by atoms with Crippen LogP contribution in [0.15, 0.2) is 59.5 Å². The van der Waals surface area contributed by atoms with Crippen molar-refractivity contribution in [2.45, 2.75) is 25.7 Å². The van der Waals surface area contributed by atoms with Gasteiger partial charge in [0.2, 0.25) is 11.7 Å². The second-order valence-corrected chi connectivity index (χ2v) is 8.31. The predicted octanol–water partition coefficient (Wildman–Crippen LogP) is 4.11. The molecule has 0 bridgehead atoms. The molecule has 1 heterocycles. The summed E-state index contributed by atoms with van der Waals surface area (Å²) in [4.78, 5) is 37.1. The molecule has 2 N–H and O–H groups in total. The number of aromatic nitrogens is 1. The van der Waals surface area contributed by atoms with Crippen LogP contribution < -0.4 is 10.5 Å². The highest BCUT2D eigenvalue weighted by Crippen LogP contribution is 2.25. The maximum atomic E-state index is 12.9. The molecule has 2 aromatic carbocycles. The lowest BCUT2D eigenvalue weighted by Crippen LogP contribution is -2.16. The lowest BCUT2D eigenvalue weighted by atomic mass is 10.1. The number of ketones is 1. The topological polar surface area (TPSA) is 101 Å². The molecule has 0 aliphatic carbocycles. The molecule has 8 heteroatoms. The Kier molecular flexibility index (Phi) is 7.95. The molecule has 0 spiro atoms. The van der Waals surface area contributed by atoms with Gasteiger partial charge >= 0.3 is 5.97 Å². The molecule has 0 saturated carbocycles. The zero-order valence-corrected chi connectivity index (χ0v) is 19.6. The van der Waals surface area contributed by atoms with Gasteiger partial charge in [0.25, 0.3) is 0 Å². The molecule has 0 saturated heterocycles. The predicted molar refractivity (Wildman–Crippen MR) is 127 cm³/mol. The maximum Gasteiger partial charge on any atom is 0.339 e. The highest BCUT2D eigenvalue weighted by atomic mass is 32.2. The second-order valence-electron chi connectivity index (χ2n) is 7.30. The van der Waals surface area contributed by atoms with E-state index < -0.39 is 11.9 Å². The molecule has 3 aromatic rings. The Morgan fingerprint density at radius 3 is 2.36 bits per heavy atom. The van der Waals surface area contributed by atoms with Crippen molar-refractivity contribution in [2.24, 2.45) is 5.73 Å². The van der Waals surface area contributed by atoms with Crippen molar-refractivity contribution in [2.75, 3.05) is 19.0 Å². The van der Waals surface area contributed by atoms with Gasteiger partial charge in [0.05, 0.1) is 17.9 Å². The minimum absolute atomic E-state index is 0.0424. The molecule has 0 aliphatic heterocycles. The third kappa shape index (κ3) is 5.84. The summed E-state index contributed by atoms with van der Waals surface area (Å²) >= 11 is 1.15. The van der Waals surface area contributed by atoms with Gasteiger partial charge in [-0.15, -0.1) is 11.8 Å².